The number of hydrogen-bond donors (Lipinski definition) is 11. The Labute approximate surface area is 906 Å². The molecule has 33 nitrogen and oxygen atoms in total. The van der Waals surface area contributed by atoms with Crippen LogP contribution in [0.2, 0.25) is 75.0 Å². The van der Waals surface area contributed by atoms with Gasteiger partial charge in [0, 0.05) is 186 Å². The molecule has 0 aromatic carbocycles. The third kappa shape index (κ3) is 57.4. The first-order chi connectivity index (χ1) is 68.6. The number of alkyl carbamates (subject to hydrolysis) is 4. The minimum atomic E-state index is -1.10. The summed E-state index contributed by atoms with van der Waals surface area (Å²) >= 11 is 4.79. The van der Waals surface area contributed by atoms with Gasteiger partial charge >= 0.3 is 48.5 Å². The van der Waals surface area contributed by atoms with Gasteiger partial charge in [-0.05, 0) is 209 Å². The van der Waals surface area contributed by atoms with Crippen molar-refractivity contribution in [2.24, 2.45) is 54.1 Å². The normalized spacial score (nSPS) is 28.6. The highest BCUT2D eigenvalue weighted by molar-refractivity contribution is 8.15. The van der Waals surface area contributed by atoms with Crippen molar-refractivity contribution in [1.82, 2.24) is 73.2 Å². The van der Waals surface area contributed by atoms with Gasteiger partial charge in [0.05, 0.1) is 26.4 Å². The van der Waals surface area contributed by atoms with Crippen molar-refractivity contribution in [2.75, 3.05) is 156 Å². The van der Waals surface area contributed by atoms with Crippen LogP contribution in [0.1, 0.15) is 253 Å². The van der Waals surface area contributed by atoms with Gasteiger partial charge in [-0.3, -0.25) is 9.59 Å². The lowest BCUT2D eigenvalue weighted by Gasteiger charge is -2.47. The number of nitrogens with one attached hydrogen (secondary N) is 11. The maximum atomic E-state index is 13.2. The van der Waals surface area contributed by atoms with Crippen LogP contribution in [0.25, 0.3) is 0 Å². The molecule has 0 spiro atoms. The van der Waals surface area contributed by atoms with E-state index in [2.05, 4.69) is 213 Å². The first-order valence-electron chi connectivity index (χ1n) is 55.9. The zero-order chi connectivity index (χ0) is 108. The third-order valence-corrected chi connectivity index (χ3v) is 41.3. The summed E-state index contributed by atoms with van der Waals surface area (Å²) in [6.45, 7) is 63.3. The lowest BCUT2D eigenvalue weighted by atomic mass is 9.62. The molecule has 5 saturated heterocycles. The molecule has 10 rings (SSSR count). The molecule has 42 heteroatoms. The van der Waals surface area contributed by atoms with Gasteiger partial charge in [-0.25, -0.2) is 38.4 Å². The van der Waals surface area contributed by atoms with Crippen LogP contribution in [0.5, 0.6) is 0 Å². The molecule has 5 aliphatic heterocycles. The summed E-state index contributed by atoms with van der Waals surface area (Å²) in [7, 11) is 2.91. The fourth-order valence-corrected chi connectivity index (χ4v) is 31.1. The minimum Gasteiger partial charge on any atom is -0.447 e. The van der Waals surface area contributed by atoms with E-state index in [-0.39, 0.29) is 203 Å². The summed E-state index contributed by atoms with van der Waals surface area (Å²) in [5.74, 6) is 3.06. The summed E-state index contributed by atoms with van der Waals surface area (Å²) in [6, 6.07) is 6.91. The lowest BCUT2D eigenvalue weighted by molar-refractivity contribution is 0.0666. The Balaban J connectivity index is 0.000000279. The molecule has 10 fully saturated rings. The fraction of sp³-hybridized carbons (Fsp3) is 0.904. The number of rotatable bonds is 51. The van der Waals surface area contributed by atoms with E-state index in [4.69, 9.17) is 42.3 Å². The average molecular weight is 2220 g/mol. The van der Waals surface area contributed by atoms with Crippen molar-refractivity contribution in [3.63, 3.8) is 0 Å². The van der Waals surface area contributed by atoms with Gasteiger partial charge in [0.1, 0.15) is 50.8 Å². The summed E-state index contributed by atoms with van der Waals surface area (Å²) in [4.78, 5) is 129. The molecule has 5 saturated carbocycles. The van der Waals surface area contributed by atoms with E-state index in [1.165, 1.54) is 53.5 Å². The zero-order valence-corrected chi connectivity index (χ0v) is 106. The second-order valence-electron chi connectivity index (χ2n) is 50.2. The molecular weight excluding hydrogens is 2010 g/mol. The second kappa shape index (κ2) is 63.9. The number of urea groups is 4. The van der Waals surface area contributed by atoms with E-state index in [0.717, 1.165) is 197 Å². The lowest BCUT2D eigenvalue weighted by Crippen LogP contribution is -2.53. The van der Waals surface area contributed by atoms with Gasteiger partial charge in [0.25, 0.3) is 10.5 Å². The average Bonchev–Trinajstić information content (AvgIpc) is 1.16. The predicted molar refractivity (Wildman–Crippen MR) is 614 cm³/mol. The van der Waals surface area contributed by atoms with Gasteiger partial charge < -0.3 is 116 Å². The van der Waals surface area contributed by atoms with E-state index < -0.39 is 21.2 Å². The number of carbonyl (C=O) groups is 10. The maximum absolute atomic E-state index is 13.2. The molecule has 0 bridgehead atoms. The molecule has 0 aromatic rings. The quantitative estimate of drug-likeness (QED) is 0.0117. The Kier molecular flexibility index (Phi) is 56.9. The van der Waals surface area contributed by atoms with Crippen molar-refractivity contribution < 1.29 is 90.3 Å². The minimum absolute atomic E-state index is 0.0109. The van der Waals surface area contributed by atoms with Gasteiger partial charge in [-0.2, -0.15) is 11.8 Å². The second-order valence-corrected chi connectivity index (χ2v) is 65.2. The van der Waals surface area contributed by atoms with Crippen LogP contribution in [-0.2, 0) is 42.3 Å². The van der Waals surface area contributed by atoms with Crippen LogP contribution in [0.3, 0.4) is 0 Å². The van der Waals surface area contributed by atoms with Crippen LogP contribution in [0.4, 0.5) is 47.9 Å². The topological polar surface area (TPSA) is 409 Å². The monoisotopic (exact) mass is 2220 g/mol. The SMILES string of the molecule is CCO[SiH](C)CCCN(C)C(=O)NC1CC(C)(C)CC(C)(CNC(=O)OCC2CO2)C1.C[SiH2]C(C)CCN(C)C(=O)NC1CC(C)(C)CC(C)(CNC(=O)OCC2CO2)C1.C[SiH2]CCCN(CCC[SiH2]C)C(=O)NC1CC(C)(C)CC(C)(CNC(=O)OCC2CO2)C1.C[SiH2]CCCNC(=O)NC1CC(C)(C)CC(C)(CNC(=O)OCC2CO2)C1.C[SiH2]CCCSC(=O)NC1CC(C)(C)CC(C)(CNC(=O)SCC2CS2)C1. The van der Waals surface area contributed by atoms with Crippen molar-refractivity contribution in [1.29, 1.82) is 0 Å². The van der Waals surface area contributed by atoms with Crippen LogP contribution >= 0.6 is 35.3 Å². The van der Waals surface area contributed by atoms with E-state index in [9.17, 15) is 47.9 Å². The highest BCUT2D eigenvalue weighted by atomic mass is 32.2. The van der Waals surface area contributed by atoms with Crippen LogP contribution in [-0.4, -0.2) is 346 Å². The van der Waals surface area contributed by atoms with E-state index >= 15 is 0 Å². The highest BCUT2D eigenvalue weighted by Crippen LogP contribution is 2.51. The fourth-order valence-electron chi connectivity index (χ4n) is 23.3. The number of ether oxygens (including phenoxy) is 8. The van der Waals surface area contributed by atoms with Gasteiger partial charge in [-0.1, -0.05) is 197 Å². The van der Waals surface area contributed by atoms with Crippen LogP contribution in [0, 0.1) is 54.1 Å². The van der Waals surface area contributed by atoms with Crippen molar-refractivity contribution in [3.8, 4) is 0 Å². The summed E-state index contributed by atoms with van der Waals surface area (Å²) < 4.78 is 46.7. The Bertz CT molecular complexity index is 3830. The molecule has 146 heavy (non-hydrogen) atoms. The number of nitrogens with zero attached hydrogens (tertiary/aromatic N) is 3. The molecule has 10 aliphatic rings. The Morgan fingerprint density at radius 1 is 0.411 bits per heavy atom. The Morgan fingerprint density at radius 3 is 1.08 bits per heavy atom. The number of thioether (sulfide) groups is 3. The molecule has 846 valence electrons. The maximum Gasteiger partial charge on any atom is 0.407 e. The number of hydrogen-bond acceptors (Lipinski definition) is 22. The predicted octanol–water partition coefficient (Wildman–Crippen LogP) is 15.2. The number of epoxide rings is 4. The first-order valence-corrected chi connectivity index (χ1v) is 73.3. The number of carbonyl (C=O) groups excluding carboxylic acids is 10. The van der Waals surface area contributed by atoms with Crippen LogP contribution < -0.4 is 58.5 Å². The van der Waals surface area contributed by atoms with Gasteiger partial charge in [0.15, 0.2) is 9.04 Å². The van der Waals surface area contributed by atoms with Crippen LogP contribution in [0.15, 0.2) is 0 Å². The standard InChI is InChI=1S/C23H47N3O4Si2.C22H43N3O5Si.C21H41N3O4Si.C19H37N3O4Si.C19H36N2O2S3Si/c1-22(2)12-18(25-20(27)26(8-6-10-31-4)9-7-11-32-5)13-23(3,16-22)17-24-21(28)30-15-19-14-29-19;1-7-30-31(6)10-8-9-25(5)19(26)24-17-11-21(2,3)15-22(4,12-17)16-23-20(27)29-14-18-13-28-18;1-15(29-6)7-8-24(5)18(25)23-16-9-20(2,3)13-21(4,10-16)14-22-19(26)28-12-17-11-27-17;1-18(2)8-14(22-16(23)20-6-5-7-27-4)9-19(3,12-18)13-21-17(24)26-11-15-10-25-15;1-18(2)8-14(21-17(23)24-6-5-7-27-4)9-19(3,12-18)13-20-16(22)26-11-15-10-25-15/h18-19H,6-17,31-32H2,1-5H3,(H,24,28)(H,25,27);17-18,31H,7-16H2,1-6H3,(H,23,27)(H,24,26);15-17H,7-14,29H2,1-6H3,(H,22,26)(H,23,25);14-15H,5-13,27H2,1-4H3,(H,21,24)(H2,20,22,23);14-15H,5-13,27H2,1-4H3,(H,20,22)(H,21,23). The largest absolute Gasteiger partial charge is 0.447 e. The Morgan fingerprint density at radius 2 is 0.740 bits per heavy atom. The van der Waals surface area contributed by atoms with E-state index in [1.54, 1.807) is 4.90 Å². The third-order valence-electron chi connectivity index (χ3n) is 29.5. The molecule has 0 aromatic heterocycles. The molecule has 14 amide bonds. The van der Waals surface area contributed by atoms with Crippen molar-refractivity contribution >= 4 is 151 Å². The summed E-state index contributed by atoms with van der Waals surface area (Å²) in [5.41, 5.74) is 0.991. The van der Waals surface area contributed by atoms with Crippen molar-refractivity contribution in [2.45, 2.75) is 387 Å². The molecule has 0 radical (unpaired) electrons. The summed E-state index contributed by atoms with van der Waals surface area (Å²) in [6.07, 6.45) is 19.5. The summed E-state index contributed by atoms with van der Waals surface area (Å²) in [5, 5.41) is 34.9. The first kappa shape index (κ1) is 130. The van der Waals surface area contributed by atoms with E-state index in [1.807, 2.05) is 37.7 Å². The number of amides is 14. The van der Waals surface area contributed by atoms with Gasteiger partial charge in [0.2, 0.25) is 0 Å². The molecule has 11 N–H and O–H groups in total. The van der Waals surface area contributed by atoms with Crippen molar-refractivity contribution in [3.05, 3.63) is 0 Å². The van der Waals surface area contributed by atoms with E-state index in [0.29, 0.717) is 90.8 Å². The molecule has 17 unspecified atom stereocenters. The molecule has 5 aliphatic carbocycles. The highest BCUT2D eigenvalue weighted by Gasteiger charge is 2.49. The molecule has 5 heterocycles. The van der Waals surface area contributed by atoms with Gasteiger partial charge in [-0.15, -0.1) is 0 Å². The Hall–Kier alpha value is -4.75. The zero-order valence-electron chi connectivity index (χ0n) is 95.2. The smallest absolute Gasteiger partial charge is 0.407 e. The molecular formula is C104H204N14O19S3Si6. The molecule has 17 atom stereocenters.